The van der Waals surface area contributed by atoms with Crippen molar-refractivity contribution in [3.63, 3.8) is 0 Å². The number of esters is 2. The van der Waals surface area contributed by atoms with Gasteiger partial charge in [-0.3, -0.25) is 19.2 Å². The van der Waals surface area contributed by atoms with Crippen LogP contribution in [-0.4, -0.2) is 86.4 Å². The first-order valence-electron chi connectivity index (χ1n) is 16.3. The minimum atomic E-state index is -1.31. The second-order valence-electron chi connectivity index (χ2n) is 12.4. The Labute approximate surface area is 282 Å². The third-order valence-electron chi connectivity index (χ3n) is 7.46. The summed E-state index contributed by atoms with van der Waals surface area (Å²) in [5, 5.41) is 20.0. The largest absolute Gasteiger partial charge is 0.494 e. The van der Waals surface area contributed by atoms with Crippen LogP contribution in [0.2, 0.25) is 0 Å². The van der Waals surface area contributed by atoms with Crippen LogP contribution < -0.4 is 25.4 Å². The maximum absolute atomic E-state index is 13.2. The number of rotatable bonds is 20. The number of ether oxygens (including phenoxy) is 4. The summed E-state index contributed by atoms with van der Waals surface area (Å²) in [6.45, 7) is 9.25. The Morgan fingerprint density at radius 2 is 1.29 bits per heavy atom. The first kappa shape index (κ1) is 39.8. The van der Waals surface area contributed by atoms with Gasteiger partial charge in [-0.05, 0) is 73.1 Å². The van der Waals surface area contributed by atoms with Crippen LogP contribution in [0.25, 0.3) is 10.8 Å². The summed E-state index contributed by atoms with van der Waals surface area (Å²) in [4.78, 5) is 62.5. The Balaban J connectivity index is 1.92. The van der Waals surface area contributed by atoms with Crippen LogP contribution in [0.1, 0.15) is 66.7 Å². The van der Waals surface area contributed by atoms with E-state index < -0.39 is 47.9 Å². The number of carbonyl (C=O) groups is 5. The molecule has 0 aliphatic rings. The van der Waals surface area contributed by atoms with Crippen molar-refractivity contribution in [1.82, 2.24) is 16.0 Å². The maximum atomic E-state index is 13.2. The number of nitrogens with one attached hydrogen (secondary N) is 3. The SMILES string of the molecule is COC(=O)CCCOc1ccc2ccc(OCCCC(=O)N[C@H](C(=O)N[C@@H](CC(C)C)C(=O)N[C@H](C(=O)OC)C(C)C)C(C)O)cc2c1. The molecule has 3 amide bonds. The molecule has 13 heteroatoms. The van der Waals surface area contributed by atoms with Crippen molar-refractivity contribution < 1.29 is 48.0 Å². The van der Waals surface area contributed by atoms with Crippen LogP contribution in [0.15, 0.2) is 36.4 Å². The summed E-state index contributed by atoms with van der Waals surface area (Å²) in [5.41, 5.74) is 0. The van der Waals surface area contributed by atoms with E-state index in [1.54, 1.807) is 13.8 Å². The molecule has 48 heavy (non-hydrogen) atoms. The molecule has 0 bridgehead atoms. The molecule has 0 aliphatic heterocycles. The Kier molecular flexibility index (Phi) is 16.6. The van der Waals surface area contributed by atoms with Crippen LogP contribution in [0, 0.1) is 11.8 Å². The maximum Gasteiger partial charge on any atom is 0.328 e. The van der Waals surface area contributed by atoms with Gasteiger partial charge in [0.2, 0.25) is 17.7 Å². The highest BCUT2D eigenvalue weighted by atomic mass is 16.5. The number of benzene rings is 2. The van der Waals surface area contributed by atoms with Gasteiger partial charge in [-0.1, -0.05) is 39.8 Å². The average molecular weight is 674 g/mol. The quantitative estimate of drug-likeness (QED) is 0.121. The van der Waals surface area contributed by atoms with E-state index >= 15 is 0 Å². The van der Waals surface area contributed by atoms with Gasteiger partial charge in [0, 0.05) is 12.8 Å². The first-order valence-corrected chi connectivity index (χ1v) is 16.3. The van der Waals surface area contributed by atoms with Crippen molar-refractivity contribution in [2.75, 3.05) is 27.4 Å². The van der Waals surface area contributed by atoms with Gasteiger partial charge >= 0.3 is 11.9 Å². The molecule has 1 unspecified atom stereocenters. The van der Waals surface area contributed by atoms with E-state index in [1.165, 1.54) is 21.1 Å². The van der Waals surface area contributed by atoms with Crippen molar-refractivity contribution in [3.05, 3.63) is 36.4 Å². The summed E-state index contributed by atoms with van der Waals surface area (Å²) < 4.78 is 21.0. The minimum Gasteiger partial charge on any atom is -0.494 e. The molecule has 2 aromatic carbocycles. The third-order valence-corrected chi connectivity index (χ3v) is 7.46. The number of fused-ring (bicyclic) bond motifs is 1. The molecule has 2 rings (SSSR count). The van der Waals surface area contributed by atoms with Crippen molar-refractivity contribution in [3.8, 4) is 11.5 Å². The lowest BCUT2D eigenvalue weighted by Crippen LogP contribution is -2.59. The highest BCUT2D eigenvalue weighted by molar-refractivity contribution is 5.94. The van der Waals surface area contributed by atoms with Crippen LogP contribution >= 0.6 is 0 Å². The van der Waals surface area contributed by atoms with E-state index in [0.29, 0.717) is 30.9 Å². The first-order chi connectivity index (χ1) is 22.7. The molecule has 13 nitrogen and oxygen atoms in total. The van der Waals surface area contributed by atoms with E-state index in [9.17, 15) is 29.1 Å². The van der Waals surface area contributed by atoms with Crippen LogP contribution in [0.4, 0.5) is 0 Å². The van der Waals surface area contributed by atoms with Gasteiger partial charge in [0.15, 0.2) is 0 Å². The van der Waals surface area contributed by atoms with Gasteiger partial charge in [-0.2, -0.15) is 0 Å². The van der Waals surface area contributed by atoms with Crippen LogP contribution in [-0.2, 0) is 33.4 Å². The number of aliphatic hydroxyl groups excluding tert-OH is 1. The van der Waals surface area contributed by atoms with E-state index in [1.807, 2.05) is 50.2 Å². The molecule has 0 spiro atoms. The summed E-state index contributed by atoms with van der Waals surface area (Å²) in [5.74, 6) is -1.62. The van der Waals surface area contributed by atoms with Crippen molar-refractivity contribution in [2.45, 2.75) is 91.0 Å². The van der Waals surface area contributed by atoms with Crippen molar-refractivity contribution in [1.29, 1.82) is 0 Å². The summed E-state index contributed by atoms with van der Waals surface area (Å²) in [7, 11) is 2.58. The fourth-order valence-electron chi connectivity index (χ4n) is 4.81. The van der Waals surface area contributed by atoms with Crippen molar-refractivity contribution >= 4 is 40.4 Å². The van der Waals surface area contributed by atoms with Gasteiger partial charge in [0.05, 0.1) is 33.5 Å². The number of carbonyl (C=O) groups excluding carboxylic acids is 5. The van der Waals surface area contributed by atoms with Gasteiger partial charge in [0.1, 0.15) is 29.6 Å². The van der Waals surface area contributed by atoms with Gasteiger partial charge in [-0.25, -0.2) is 4.79 Å². The number of methoxy groups -OCH3 is 2. The lowest BCUT2D eigenvalue weighted by atomic mass is 10.00. The number of hydrogen-bond donors (Lipinski definition) is 4. The fourth-order valence-corrected chi connectivity index (χ4v) is 4.81. The molecule has 0 aromatic heterocycles. The van der Waals surface area contributed by atoms with Crippen LogP contribution in [0.3, 0.4) is 0 Å². The molecule has 0 saturated heterocycles. The van der Waals surface area contributed by atoms with Crippen LogP contribution in [0.5, 0.6) is 11.5 Å². The smallest absolute Gasteiger partial charge is 0.328 e. The monoisotopic (exact) mass is 673 g/mol. The molecule has 0 heterocycles. The Morgan fingerprint density at radius 3 is 1.79 bits per heavy atom. The predicted molar refractivity (Wildman–Crippen MR) is 179 cm³/mol. The molecule has 0 aliphatic carbocycles. The zero-order chi connectivity index (χ0) is 35.8. The number of amides is 3. The topological polar surface area (TPSA) is 179 Å². The van der Waals surface area contributed by atoms with Gasteiger partial charge in [-0.15, -0.1) is 0 Å². The molecule has 4 N–H and O–H groups in total. The van der Waals surface area contributed by atoms with E-state index in [4.69, 9.17) is 14.2 Å². The molecule has 4 atom stereocenters. The lowest BCUT2D eigenvalue weighted by Gasteiger charge is -2.27. The Bertz CT molecular complexity index is 1380. The number of aliphatic hydroxyl groups is 1. The molecular weight excluding hydrogens is 622 g/mol. The zero-order valence-corrected chi connectivity index (χ0v) is 29.0. The van der Waals surface area contributed by atoms with E-state index in [0.717, 1.165) is 10.8 Å². The molecule has 0 fully saturated rings. The Morgan fingerprint density at radius 1 is 0.708 bits per heavy atom. The van der Waals surface area contributed by atoms with E-state index in [2.05, 4.69) is 20.7 Å². The summed E-state index contributed by atoms with van der Waals surface area (Å²) >= 11 is 0. The fraction of sp³-hybridized carbons (Fsp3) is 0.571. The summed E-state index contributed by atoms with van der Waals surface area (Å²) in [6, 6.07) is 8.05. The predicted octanol–water partition coefficient (Wildman–Crippen LogP) is 3.04. The van der Waals surface area contributed by atoms with Gasteiger partial charge < -0.3 is 40.0 Å². The zero-order valence-electron chi connectivity index (χ0n) is 29.0. The second-order valence-corrected chi connectivity index (χ2v) is 12.4. The Hall–Kier alpha value is -4.39. The van der Waals surface area contributed by atoms with E-state index in [-0.39, 0.29) is 43.7 Å². The third kappa shape index (κ3) is 13.4. The van der Waals surface area contributed by atoms with Gasteiger partial charge in [0.25, 0.3) is 0 Å². The van der Waals surface area contributed by atoms with Crippen molar-refractivity contribution in [2.24, 2.45) is 11.8 Å². The summed E-state index contributed by atoms with van der Waals surface area (Å²) in [6.07, 6.45) is 0.204. The average Bonchev–Trinajstić information content (AvgIpc) is 3.04. The molecule has 0 saturated carbocycles. The molecule has 2 aromatic rings. The standard InChI is InChI=1S/C35H51N3O10/c1-21(2)18-28(33(42)38-31(22(3)4)35(44)46-7)36-34(43)32(23(5)39)37-29(40)10-8-16-47-26-14-12-24-13-15-27(20-25(24)19-26)48-17-9-11-30(41)45-6/h12-15,19-23,28,31-32,39H,8-11,16-18H2,1-7H3,(H,36,43)(H,37,40)(H,38,42)/t23?,28-,31-,32-/m0/s1. The molecule has 0 radical (unpaired) electrons. The molecule has 266 valence electrons. The molecular formula is C35H51N3O10. The number of hydrogen-bond acceptors (Lipinski definition) is 10. The minimum absolute atomic E-state index is 0.0125. The lowest BCUT2D eigenvalue weighted by molar-refractivity contribution is -0.146. The second kappa shape index (κ2) is 20.1. The highest BCUT2D eigenvalue weighted by Crippen LogP contribution is 2.25. The highest BCUT2D eigenvalue weighted by Gasteiger charge is 2.33. The normalized spacial score (nSPS) is 13.6.